The van der Waals surface area contributed by atoms with Crippen molar-refractivity contribution in [1.29, 1.82) is 0 Å². The summed E-state index contributed by atoms with van der Waals surface area (Å²) in [6.45, 7) is 4.28. The minimum Gasteiger partial charge on any atom is -0.383 e. The first-order valence-electron chi connectivity index (χ1n) is 5.52. The van der Waals surface area contributed by atoms with E-state index in [2.05, 4.69) is 18.9 Å². The zero-order valence-corrected chi connectivity index (χ0v) is 9.44. The molecule has 0 amide bonds. The summed E-state index contributed by atoms with van der Waals surface area (Å²) >= 11 is 0. The first-order chi connectivity index (χ1) is 7.24. The number of hydrogen-bond donors (Lipinski definition) is 1. The van der Waals surface area contributed by atoms with Crippen LogP contribution in [0.25, 0.3) is 0 Å². The summed E-state index contributed by atoms with van der Waals surface area (Å²) in [6, 6.07) is 0.327. The molecule has 1 rings (SSSR count). The second-order valence-corrected chi connectivity index (χ2v) is 3.78. The number of anilines is 1. The summed E-state index contributed by atoms with van der Waals surface area (Å²) in [7, 11) is 0. The number of aromatic nitrogens is 2. The van der Waals surface area contributed by atoms with Crippen LogP contribution in [0.3, 0.4) is 0 Å². The predicted octanol–water partition coefficient (Wildman–Crippen LogP) is 2.42. The van der Waals surface area contributed by atoms with Crippen LogP contribution in [0.15, 0.2) is 6.20 Å². The van der Waals surface area contributed by atoms with E-state index in [1.165, 1.54) is 0 Å². The molecule has 0 radical (unpaired) electrons. The Bertz CT molecular complexity index is 314. The summed E-state index contributed by atoms with van der Waals surface area (Å²) in [4.78, 5) is 10.6. The van der Waals surface area contributed by atoms with Crippen LogP contribution in [0.2, 0.25) is 0 Å². The highest BCUT2D eigenvalue weighted by molar-refractivity contribution is 5.81. The maximum atomic E-state index is 10.6. The Morgan fingerprint density at radius 1 is 1.47 bits per heavy atom. The molecule has 0 unspecified atom stereocenters. The van der Waals surface area contributed by atoms with Gasteiger partial charge in [-0.15, -0.1) is 0 Å². The van der Waals surface area contributed by atoms with Crippen LogP contribution in [0.1, 0.15) is 55.9 Å². The normalized spacial score (nSPS) is 10.9. The van der Waals surface area contributed by atoms with E-state index in [0.29, 0.717) is 17.4 Å². The number of nitrogens with zero attached hydrogens (tertiary/aromatic N) is 2. The van der Waals surface area contributed by atoms with E-state index in [1.54, 1.807) is 10.9 Å². The van der Waals surface area contributed by atoms with Gasteiger partial charge in [0.25, 0.3) is 0 Å². The van der Waals surface area contributed by atoms with Crippen LogP contribution in [0, 0.1) is 0 Å². The molecule has 4 heteroatoms. The molecule has 2 N–H and O–H groups in total. The van der Waals surface area contributed by atoms with E-state index in [1.807, 2.05) is 0 Å². The Balaban J connectivity index is 2.89. The summed E-state index contributed by atoms with van der Waals surface area (Å²) in [5.74, 6) is 0.497. The van der Waals surface area contributed by atoms with Crippen molar-refractivity contribution in [3.8, 4) is 0 Å². The van der Waals surface area contributed by atoms with Gasteiger partial charge in [0.1, 0.15) is 5.82 Å². The lowest BCUT2D eigenvalue weighted by Crippen LogP contribution is -2.13. The van der Waals surface area contributed by atoms with Gasteiger partial charge in [-0.2, -0.15) is 5.10 Å². The molecule has 0 aliphatic heterocycles. The number of aldehydes is 1. The van der Waals surface area contributed by atoms with Crippen molar-refractivity contribution in [3.05, 3.63) is 11.8 Å². The molecular weight excluding hydrogens is 190 g/mol. The van der Waals surface area contributed by atoms with E-state index in [0.717, 1.165) is 32.0 Å². The van der Waals surface area contributed by atoms with Crippen molar-refractivity contribution in [2.45, 2.75) is 45.6 Å². The van der Waals surface area contributed by atoms with Crippen LogP contribution in [-0.4, -0.2) is 16.1 Å². The zero-order valence-electron chi connectivity index (χ0n) is 9.44. The van der Waals surface area contributed by atoms with Gasteiger partial charge in [-0.05, 0) is 12.8 Å². The highest BCUT2D eigenvalue weighted by atomic mass is 16.1. The van der Waals surface area contributed by atoms with Gasteiger partial charge in [-0.1, -0.05) is 26.7 Å². The van der Waals surface area contributed by atoms with Crippen LogP contribution >= 0.6 is 0 Å². The average molecular weight is 209 g/mol. The molecule has 0 spiro atoms. The molecule has 84 valence electrons. The minimum absolute atomic E-state index is 0.327. The fraction of sp³-hybridized carbons (Fsp3) is 0.636. The predicted molar refractivity (Wildman–Crippen MR) is 60.9 cm³/mol. The Morgan fingerprint density at radius 2 is 2.07 bits per heavy atom. The van der Waals surface area contributed by atoms with Gasteiger partial charge in [0, 0.05) is 0 Å². The maximum absolute atomic E-state index is 10.6. The second kappa shape index (κ2) is 5.53. The molecule has 0 aromatic carbocycles. The Kier molecular flexibility index (Phi) is 4.34. The zero-order chi connectivity index (χ0) is 11.3. The average Bonchev–Trinajstić information content (AvgIpc) is 2.59. The Morgan fingerprint density at radius 3 is 2.47 bits per heavy atom. The molecule has 15 heavy (non-hydrogen) atoms. The molecule has 0 aliphatic carbocycles. The summed E-state index contributed by atoms with van der Waals surface area (Å²) in [5, 5.41) is 4.18. The van der Waals surface area contributed by atoms with Gasteiger partial charge < -0.3 is 5.73 Å². The van der Waals surface area contributed by atoms with Crippen LogP contribution in [0.4, 0.5) is 5.82 Å². The van der Waals surface area contributed by atoms with Crippen molar-refractivity contribution >= 4 is 12.1 Å². The fourth-order valence-electron chi connectivity index (χ4n) is 1.82. The van der Waals surface area contributed by atoms with Gasteiger partial charge in [0.15, 0.2) is 6.29 Å². The highest BCUT2D eigenvalue weighted by Crippen LogP contribution is 2.23. The first kappa shape index (κ1) is 11.8. The largest absolute Gasteiger partial charge is 0.383 e. The quantitative estimate of drug-likeness (QED) is 0.732. The number of nitrogen functional groups attached to an aromatic ring is 1. The summed E-state index contributed by atoms with van der Waals surface area (Å²) in [5.41, 5.74) is 6.34. The van der Waals surface area contributed by atoms with Crippen molar-refractivity contribution in [2.24, 2.45) is 0 Å². The lowest BCUT2D eigenvalue weighted by Gasteiger charge is -2.17. The van der Waals surface area contributed by atoms with E-state index < -0.39 is 0 Å². The van der Waals surface area contributed by atoms with Gasteiger partial charge in [-0.3, -0.25) is 4.79 Å². The van der Waals surface area contributed by atoms with Gasteiger partial charge in [-0.25, -0.2) is 4.68 Å². The number of rotatable bonds is 6. The van der Waals surface area contributed by atoms with Gasteiger partial charge in [0.05, 0.1) is 17.8 Å². The standard InChI is InChI=1S/C11H19N3O/c1-3-5-10(6-4-2)14-11(12)9(8-15)7-13-14/h7-8,10H,3-6,12H2,1-2H3. The molecule has 0 bridgehead atoms. The second-order valence-electron chi connectivity index (χ2n) is 3.78. The topological polar surface area (TPSA) is 60.9 Å². The third kappa shape index (κ3) is 2.58. The minimum atomic E-state index is 0.327. The smallest absolute Gasteiger partial charge is 0.155 e. The van der Waals surface area contributed by atoms with Gasteiger partial charge >= 0.3 is 0 Å². The van der Waals surface area contributed by atoms with Gasteiger partial charge in [0.2, 0.25) is 0 Å². The monoisotopic (exact) mass is 209 g/mol. The van der Waals surface area contributed by atoms with Crippen molar-refractivity contribution < 1.29 is 4.79 Å². The van der Waals surface area contributed by atoms with Crippen LogP contribution in [0.5, 0.6) is 0 Å². The third-order valence-corrected chi connectivity index (χ3v) is 2.58. The number of hydrogen-bond acceptors (Lipinski definition) is 3. The van der Waals surface area contributed by atoms with E-state index in [4.69, 9.17) is 5.73 Å². The van der Waals surface area contributed by atoms with Crippen molar-refractivity contribution in [2.75, 3.05) is 5.73 Å². The first-order valence-corrected chi connectivity index (χ1v) is 5.52. The molecule has 0 saturated carbocycles. The maximum Gasteiger partial charge on any atom is 0.155 e. The summed E-state index contributed by atoms with van der Waals surface area (Å²) in [6.07, 6.45) is 6.60. The highest BCUT2D eigenvalue weighted by Gasteiger charge is 2.14. The van der Waals surface area contributed by atoms with E-state index >= 15 is 0 Å². The Hall–Kier alpha value is -1.32. The molecule has 1 aromatic heterocycles. The molecule has 1 aromatic rings. The molecule has 4 nitrogen and oxygen atoms in total. The van der Waals surface area contributed by atoms with Crippen molar-refractivity contribution in [3.63, 3.8) is 0 Å². The SMILES string of the molecule is CCCC(CCC)n1ncc(C=O)c1N. The Labute approximate surface area is 90.5 Å². The molecule has 1 heterocycles. The van der Waals surface area contributed by atoms with E-state index in [9.17, 15) is 4.79 Å². The molecule has 0 atom stereocenters. The fourth-order valence-corrected chi connectivity index (χ4v) is 1.82. The number of carbonyl (C=O) groups excluding carboxylic acids is 1. The molecule has 0 fully saturated rings. The molecule has 0 aliphatic rings. The van der Waals surface area contributed by atoms with Crippen LogP contribution in [-0.2, 0) is 0 Å². The number of carbonyl (C=O) groups is 1. The molecule has 0 saturated heterocycles. The van der Waals surface area contributed by atoms with Crippen molar-refractivity contribution in [1.82, 2.24) is 9.78 Å². The lowest BCUT2D eigenvalue weighted by atomic mass is 10.1. The summed E-state index contributed by atoms with van der Waals surface area (Å²) < 4.78 is 1.79. The molecular formula is C11H19N3O. The van der Waals surface area contributed by atoms with E-state index in [-0.39, 0.29) is 0 Å². The third-order valence-electron chi connectivity index (χ3n) is 2.58. The number of nitrogens with two attached hydrogens (primary N) is 1. The van der Waals surface area contributed by atoms with Crippen LogP contribution < -0.4 is 5.73 Å². The lowest BCUT2D eigenvalue weighted by molar-refractivity contribution is 0.112.